The smallest absolute Gasteiger partial charge is 0.303 e. The predicted molar refractivity (Wildman–Crippen MR) is 70.0 cm³/mol. The molecule has 0 amide bonds. The van der Waals surface area contributed by atoms with Gasteiger partial charge in [0.25, 0.3) is 0 Å². The van der Waals surface area contributed by atoms with Crippen molar-refractivity contribution in [2.45, 2.75) is 57.5 Å². The fraction of sp³-hybridized carbons (Fsp3) is 0.750. The SMILES string of the molecule is CC(=O)O[C@@H]1[C@H](OC(C)=O)[C@H](C)O[C@H](S)[C@H]1OC(C)=O. The van der Waals surface area contributed by atoms with Crippen molar-refractivity contribution in [3.05, 3.63) is 0 Å². The van der Waals surface area contributed by atoms with Crippen LogP contribution in [0.15, 0.2) is 0 Å². The first-order valence-corrected chi connectivity index (χ1v) is 6.59. The average Bonchev–Trinajstić information content (AvgIpc) is 2.27. The Bertz CT molecular complexity index is 369. The zero-order chi connectivity index (χ0) is 15.4. The van der Waals surface area contributed by atoms with Gasteiger partial charge in [-0.2, -0.15) is 0 Å². The maximum Gasteiger partial charge on any atom is 0.303 e. The third kappa shape index (κ3) is 4.38. The highest BCUT2D eigenvalue weighted by Gasteiger charge is 2.49. The number of hydrogen-bond donors (Lipinski definition) is 1. The van der Waals surface area contributed by atoms with E-state index in [1.54, 1.807) is 6.92 Å². The lowest BCUT2D eigenvalue weighted by atomic mass is 10.00. The maximum atomic E-state index is 11.2. The number of thiol groups is 1. The van der Waals surface area contributed by atoms with E-state index in [-0.39, 0.29) is 0 Å². The first-order valence-electron chi connectivity index (χ1n) is 6.07. The molecule has 0 aromatic rings. The summed E-state index contributed by atoms with van der Waals surface area (Å²) < 4.78 is 20.8. The molecule has 0 bridgehead atoms. The van der Waals surface area contributed by atoms with Gasteiger partial charge in [0.2, 0.25) is 0 Å². The van der Waals surface area contributed by atoms with Crippen LogP contribution >= 0.6 is 12.6 Å². The number of rotatable bonds is 3. The Kier molecular flexibility index (Phi) is 5.82. The van der Waals surface area contributed by atoms with Crippen molar-refractivity contribution >= 4 is 30.5 Å². The Hall–Kier alpha value is -1.28. The van der Waals surface area contributed by atoms with E-state index in [2.05, 4.69) is 12.6 Å². The van der Waals surface area contributed by atoms with Crippen molar-refractivity contribution in [1.29, 1.82) is 0 Å². The monoisotopic (exact) mass is 306 g/mol. The lowest BCUT2D eigenvalue weighted by Crippen LogP contribution is -2.59. The summed E-state index contributed by atoms with van der Waals surface area (Å²) in [4.78, 5) is 33.5. The topological polar surface area (TPSA) is 88.1 Å². The summed E-state index contributed by atoms with van der Waals surface area (Å²) >= 11 is 4.17. The van der Waals surface area contributed by atoms with Gasteiger partial charge in [-0.3, -0.25) is 14.4 Å². The van der Waals surface area contributed by atoms with Crippen LogP contribution in [-0.2, 0) is 33.3 Å². The Morgan fingerprint density at radius 2 is 1.25 bits per heavy atom. The molecule has 1 heterocycles. The van der Waals surface area contributed by atoms with Crippen molar-refractivity contribution in [1.82, 2.24) is 0 Å². The lowest BCUT2D eigenvalue weighted by Gasteiger charge is -2.42. The van der Waals surface area contributed by atoms with Crippen LogP contribution in [0.25, 0.3) is 0 Å². The Labute approximate surface area is 122 Å². The molecular weight excluding hydrogens is 288 g/mol. The molecule has 114 valence electrons. The van der Waals surface area contributed by atoms with Gasteiger partial charge in [-0.05, 0) is 6.92 Å². The molecule has 1 rings (SSSR count). The molecule has 1 fully saturated rings. The number of ether oxygens (including phenoxy) is 4. The Morgan fingerprint density at radius 1 is 0.850 bits per heavy atom. The molecule has 7 nitrogen and oxygen atoms in total. The number of carbonyl (C=O) groups excluding carboxylic acids is 3. The van der Waals surface area contributed by atoms with Gasteiger partial charge in [-0.15, -0.1) is 12.6 Å². The van der Waals surface area contributed by atoms with Crippen LogP contribution in [0, 0.1) is 0 Å². The van der Waals surface area contributed by atoms with Crippen molar-refractivity contribution < 1.29 is 33.3 Å². The first-order chi connectivity index (χ1) is 9.22. The largest absolute Gasteiger partial charge is 0.456 e. The van der Waals surface area contributed by atoms with Gasteiger partial charge in [0, 0.05) is 20.8 Å². The van der Waals surface area contributed by atoms with Crippen LogP contribution in [0.4, 0.5) is 0 Å². The van der Waals surface area contributed by atoms with E-state index in [1.165, 1.54) is 20.8 Å². The Balaban J connectivity index is 3.01. The third-order valence-corrected chi connectivity index (χ3v) is 3.07. The zero-order valence-corrected chi connectivity index (χ0v) is 12.6. The predicted octanol–water partition coefficient (Wildman–Crippen LogP) is 0.456. The van der Waals surface area contributed by atoms with Gasteiger partial charge in [0.05, 0.1) is 6.10 Å². The van der Waals surface area contributed by atoms with Gasteiger partial charge in [-0.1, -0.05) is 0 Å². The van der Waals surface area contributed by atoms with Crippen molar-refractivity contribution in [2.24, 2.45) is 0 Å². The normalized spacial score (nSPS) is 33.1. The van der Waals surface area contributed by atoms with Crippen molar-refractivity contribution in [3.8, 4) is 0 Å². The minimum absolute atomic E-state index is 0.554. The van der Waals surface area contributed by atoms with E-state index in [4.69, 9.17) is 18.9 Å². The average molecular weight is 306 g/mol. The molecule has 5 atom stereocenters. The van der Waals surface area contributed by atoms with Crippen LogP contribution in [0.1, 0.15) is 27.7 Å². The fourth-order valence-corrected chi connectivity index (χ4v) is 2.41. The van der Waals surface area contributed by atoms with Crippen LogP contribution in [0.2, 0.25) is 0 Å². The van der Waals surface area contributed by atoms with Gasteiger partial charge >= 0.3 is 17.9 Å². The van der Waals surface area contributed by atoms with Gasteiger partial charge in [-0.25, -0.2) is 0 Å². The van der Waals surface area contributed by atoms with E-state index in [0.717, 1.165) is 0 Å². The van der Waals surface area contributed by atoms with Crippen molar-refractivity contribution in [2.75, 3.05) is 0 Å². The van der Waals surface area contributed by atoms with E-state index in [9.17, 15) is 14.4 Å². The van der Waals surface area contributed by atoms with Crippen LogP contribution in [-0.4, -0.2) is 47.8 Å². The van der Waals surface area contributed by atoms with Gasteiger partial charge < -0.3 is 18.9 Å². The lowest BCUT2D eigenvalue weighted by molar-refractivity contribution is -0.228. The summed E-state index contributed by atoms with van der Waals surface area (Å²) in [7, 11) is 0. The number of carbonyl (C=O) groups is 3. The molecule has 0 spiro atoms. The summed E-state index contributed by atoms with van der Waals surface area (Å²) in [5.41, 5.74) is -0.787. The molecule has 0 aliphatic carbocycles. The Morgan fingerprint density at radius 3 is 1.70 bits per heavy atom. The van der Waals surface area contributed by atoms with Crippen LogP contribution in [0.3, 0.4) is 0 Å². The molecule has 0 saturated carbocycles. The quantitative estimate of drug-likeness (QED) is 0.460. The highest BCUT2D eigenvalue weighted by Crippen LogP contribution is 2.29. The molecule has 1 aliphatic rings. The molecule has 0 aromatic carbocycles. The van der Waals surface area contributed by atoms with Crippen LogP contribution < -0.4 is 0 Å². The second kappa shape index (κ2) is 6.94. The van der Waals surface area contributed by atoms with E-state index < -0.39 is 47.8 Å². The standard InChI is InChI=1S/C12H18O7S/c1-5-9(17-6(2)13)10(18-7(3)14)11(12(20)16-5)19-8(4)15/h5,9-12,20H,1-4H3/t5-,9+,10+,11-,12+/m0/s1. The number of hydrogen-bond acceptors (Lipinski definition) is 8. The molecule has 1 aliphatic heterocycles. The van der Waals surface area contributed by atoms with E-state index >= 15 is 0 Å². The van der Waals surface area contributed by atoms with E-state index in [0.29, 0.717) is 0 Å². The molecular formula is C12H18O7S. The molecule has 8 heteroatoms. The van der Waals surface area contributed by atoms with Gasteiger partial charge in [0.1, 0.15) is 5.44 Å². The van der Waals surface area contributed by atoms with Crippen LogP contribution in [0.5, 0.6) is 0 Å². The minimum atomic E-state index is -0.966. The molecule has 0 N–H and O–H groups in total. The summed E-state index contributed by atoms with van der Waals surface area (Å²) in [6, 6.07) is 0. The third-order valence-electron chi connectivity index (χ3n) is 2.65. The highest BCUT2D eigenvalue weighted by molar-refractivity contribution is 7.80. The zero-order valence-electron chi connectivity index (χ0n) is 11.7. The second-order valence-corrected chi connectivity index (χ2v) is 4.96. The van der Waals surface area contributed by atoms with Gasteiger partial charge in [0.15, 0.2) is 18.3 Å². The molecule has 20 heavy (non-hydrogen) atoms. The molecule has 0 aromatic heterocycles. The summed E-state index contributed by atoms with van der Waals surface area (Å²) in [5, 5.41) is 0. The van der Waals surface area contributed by atoms with E-state index in [1.807, 2.05) is 0 Å². The fourth-order valence-electron chi connectivity index (χ4n) is 1.99. The summed E-state index contributed by atoms with van der Waals surface area (Å²) in [5.74, 6) is -1.72. The minimum Gasteiger partial charge on any atom is -0.456 e. The molecule has 1 saturated heterocycles. The molecule has 0 unspecified atom stereocenters. The summed E-state index contributed by atoms with van der Waals surface area (Å²) in [6.07, 6.45) is -3.35. The number of esters is 3. The van der Waals surface area contributed by atoms with Crippen molar-refractivity contribution in [3.63, 3.8) is 0 Å². The summed E-state index contributed by atoms with van der Waals surface area (Å²) in [6.45, 7) is 5.30. The second-order valence-electron chi connectivity index (χ2n) is 4.45. The highest BCUT2D eigenvalue weighted by atomic mass is 32.1. The molecule has 0 radical (unpaired) electrons. The first kappa shape index (κ1) is 16.8. The maximum absolute atomic E-state index is 11.2.